The Morgan fingerprint density at radius 3 is 2.87 bits per heavy atom. The maximum atomic E-state index is 11.2. The summed E-state index contributed by atoms with van der Waals surface area (Å²) < 4.78 is 0. The average molecular weight is 206 g/mol. The van der Waals surface area contributed by atoms with Gasteiger partial charge in [0.05, 0.1) is 11.3 Å². The number of piperazine rings is 1. The first-order valence-corrected chi connectivity index (χ1v) is 4.98. The maximum Gasteiger partial charge on any atom is 0.252 e. The van der Waals surface area contributed by atoms with Gasteiger partial charge < -0.3 is 16.0 Å². The Morgan fingerprint density at radius 1 is 1.47 bits per heavy atom. The van der Waals surface area contributed by atoms with E-state index in [1.807, 2.05) is 6.07 Å². The SMILES string of the molecule is NC(=O)c1cnccc1N1CCNCC1. The average Bonchev–Trinajstić information content (AvgIpc) is 2.30. The van der Waals surface area contributed by atoms with Crippen LogP contribution in [-0.4, -0.2) is 37.1 Å². The van der Waals surface area contributed by atoms with Gasteiger partial charge in [-0.3, -0.25) is 9.78 Å². The molecule has 5 heteroatoms. The van der Waals surface area contributed by atoms with E-state index in [9.17, 15) is 4.79 Å². The lowest BCUT2D eigenvalue weighted by Gasteiger charge is -2.30. The molecule has 0 saturated carbocycles. The largest absolute Gasteiger partial charge is 0.368 e. The van der Waals surface area contributed by atoms with Crippen LogP contribution in [0.15, 0.2) is 18.5 Å². The molecule has 0 aromatic carbocycles. The highest BCUT2D eigenvalue weighted by atomic mass is 16.1. The number of hydrogen-bond donors (Lipinski definition) is 2. The fraction of sp³-hybridized carbons (Fsp3) is 0.400. The lowest BCUT2D eigenvalue weighted by atomic mass is 10.2. The fourth-order valence-electron chi connectivity index (χ4n) is 1.76. The molecule has 0 bridgehead atoms. The minimum absolute atomic E-state index is 0.420. The first-order chi connectivity index (χ1) is 7.29. The van der Waals surface area contributed by atoms with Crippen LogP contribution >= 0.6 is 0 Å². The van der Waals surface area contributed by atoms with Gasteiger partial charge in [0, 0.05) is 38.6 Å². The Kier molecular flexibility index (Phi) is 2.82. The van der Waals surface area contributed by atoms with E-state index in [-0.39, 0.29) is 0 Å². The van der Waals surface area contributed by atoms with Crippen molar-refractivity contribution in [1.82, 2.24) is 10.3 Å². The number of aromatic nitrogens is 1. The number of nitrogens with one attached hydrogen (secondary N) is 1. The highest BCUT2D eigenvalue weighted by Gasteiger charge is 2.16. The molecule has 0 aliphatic carbocycles. The number of carbonyl (C=O) groups excluding carboxylic acids is 1. The molecular formula is C10H14N4O. The standard InChI is InChI=1S/C10H14N4O/c11-10(15)8-7-13-2-1-9(8)14-5-3-12-4-6-14/h1-2,7,12H,3-6H2,(H2,11,15). The predicted octanol–water partition coefficient (Wildman–Crippen LogP) is -0.410. The number of nitrogens with two attached hydrogens (primary N) is 1. The molecule has 1 fully saturated rings. The van der Waals surface area contributed by atoms with Gasteiger partial charge in [-0.15, -0.1) is 0 Å². The molecule has 2 rings (SSSR count). The quantitative estimate of drug-likeness (QED) is 0.690. The second-order valence-corrected chi connectivity index (χ2v) is 3.49. The van der Waals surface area contributed by atoms with Crippen LogP contribution in [0.5, 0.6) is 0 Å². The van der Waals surface area contributed by atoms with Gasteiger partial charge in [0.25, 0.3) is 5.91 Å². The smallest absolute Gasteiger partial charge is 0.252 e. The summed E-state index contributed by atoms with van der Waals surface area (Å²) in [7, 11) is 0. The summed E-state index contributed by atoms with van der Waals surface area (Å²) in [5.74, 6) is -0.420. The summed E-state index contributed by atoms with van der Waals surface area (Å²) in [6, 6.07) is 1.84. The summed E-state index contributed by atoms with van der Waals surface area (Å²) in [5.41, 5.74) is 6.69. The molecule has 0 spiro atoms. The Labute approximate surface area is 88.3 Å². The highest BCUT2D eigenvalue weighted by molar-refractivity contribution is 5.98. The third-order valence-electron chi connectivity index (χ3n) is 2.52. The normalized spacial score (nSPS) is 16.4. The lowest BCUT2D eigenvalue weighted by molar-refractivity contribution is 0.100. The van der Waals surface area contributed by atoms with E-state index in [0.717, 1.165) is 31.9 Å². The highest BCUT2D eigenvalue weighted by Crippen LogP contribution is 2.18. The topological polar surface area (TPSA) is 71.2 Å². The first-order valence-electron chi connectivity index (χ1n) is 4.98. The second-order valence-electron chi connectivity index (χ2n) is 3.49. The van der Waals surface area contributed by atoms with Crippen molar-refractivity contribution in [3.63, 3.8) is 0 Å². The number of rotatable bonds is 2. The zero-order valence-corrected chi connectivity index (χ0v) is 8.44. The summed E-state index contributed by atoms with van der Waals surface area (Å²) in [6.07, 6.45) is 3.21. The number of nitrogens with zero attached hydrogens (tertiary/aromatic N) is 2. The number of carbonyl (C=O) groups is 1. The second kappa shape index (κ2) is 4.27. The van der Waals surface area contributed by atoms with Gasteiger partial charge in [0.2, 0.25) is 0 Å². The Hall–Kier alpha value is -1.62. The third kappa shape index (κ3) is 2.07. The van der Waals surface area contributed by atoms with Gasteiger partial charge in [-0.1, -0.05) is 0 Å². The van der Waals surface area contributed by atoms with Crippen molar-refractivity contribution >= 4 is 11.6 Å². The van der Waals surface area contributed by atoms with E-state index in [0.29, 0.717) is 5.56 Å². The number of primary amides is 1. The van der Waals surface area contributed by atoms with Crippen LogP contribution in [0.1, 0.15) is 10.4 Å². The molecular weight excluding hydrogens is 192 g/mol. The third-order valence-corrected chi connectivity index (χ3v) is 2.52. The molecule has 5 nitrogen and oxygen atoms in total. The zero-order chi connectivity index (χ0) is 10.7. The van der Waals surface area contributed by atoms with Crippen LogP contribution in [0.3, 0.4) is 0 Å². The fourth-order valence-corrected chi connectivity index (χ4v) is 1.76. The van der Waals surface area contributed by atoms with E-state index in [2.05, 4.69) is 15.2 Å². The van der Waals surface area contributed by atoms with E-state index in [4.69, 9.17) is 5.73 Å². The van der Waals surface area contributed by atoms with E-state index < -0.39 is 5.91 Å². The number of pyridine rings is 1. The van der Waals surface area contributed by atoms with Crippen molar-refractivity contribution in [2.24, 2.45) is 5.73 Å². The van der Waals surface area contributed by atoms with Gasteiger partial charge in [-0.05, 0) is 6.07 Å². The molecule has 0 atom stereocenters. The van der Waals surface area contributed by atoms with Crippen LogP contribution in [0.2, 0.25) is 0 Å². The summed E-state index contributed by atoms with van der Waals surface area (Å²) in [6.45, 7) is 3.65. The molecule has 0 radical (unpaired) electrons. The van der Waals surface area contributed by atoms with Crippen molar-refractivity contribution in [2.75, 3.05) is 31.1 Å². The summed E-state index contributed by atoms with van der Waals surface area (Å²) in [4.78, 5) is 17.3. The van der Waals surface area contributed by atoms with Crippen LogP contribution in [0, 0.1) is 0 Å². The van der Waals surface area contributed by atoms with Crippen molar-refractivity contribution in [3.05, 3.63) is 24.0 Å². The van der Waals surface area contributed by atoms with Crippen LogP contribution < -0.4 is 16.0 Å². The number of hydrogen-bond acceptors (Lipinski definition) is 4. The molecule has 1 aromatic rings. The van der Waals surface area contributed by atoms with Crippen LogP contribution in [0.4, 0.5) is 5.69 Å². The van der Waals surface area contributed by atoms with Gasteiger partial charge in [0.15, 0.2) is 0 Å². The molecule has 2 heterocycles. The molecule has 1 amide bonds. The molecule has 80 valence electrons. The molecule has 1 aliphatic rings. The van der Waals surface area contributed by atoms with Crippen LogP contribution in [-0.2, 0) is 0 Å². The molecule has 0 unspecified atom stereocenters. The Balaban J connectivity index is 2.29. The van der Waals surface area contributed by atoms with E-state index in [1.54, 1.807) is 6.20 Å². The molecule has 1 aromatic heterocycles. The van der Waals surface area contributed by atoms with Crippen molar-refractivity contribution in [3.8, 4) is 0 Å². The molecule has 15 heavy (non-hydrogen) atoms. The minimum atomic E-state index is -0.420. The number of anilines is 1. The van der Waals surface area contributed by atoms with Crippen LogP contribution in [0.25, 0.3) is 0 Å². The first kappa shape index (κ1) is 9.92. The van der Waals surface area contributed by atoms with E-state index in [1.165, 1.54) is 6.20 Å². The molecule has 1 saturated heterocycles. The van der Waals surface area contributed by atoms with Gasteiger partial charge in [0.1, 0.15) is 0 Å². The summed E-state index contributed by atoms with van der Waals surface area (Å²) in [5, 5.41) is 3.26. The van der Waals surface area contributed by atoms with Crippen molar-refractivity contribution in [1.29, 1.82) is 0 Å². The lowest BCUT2D eigenvalue weighted by Crippen LogP contribution is -2.44. The molecule has 3 N–H and O–H groups in total. The monoisotopic (exact) mass is 206 g/mol. The van der Waals surface area contributed by atoms with E-state index >= 15 is 0 Å². The minimum Gasteiger partial charge on any atom is -0.368 e. The van der Waals surface area contributed by atoms with Gasteiger partial charge in [-0.2, -0.15) is 0 Å². The zero-order valence-electron chi connectivity index (χ0n) is 8.44. The molecule has 1 aliphatic heterocycles. The van der Waals surface area contributed by atoms with Crippen molar-refractivity contribution in [2.45, 2.75) is 0 Å². The van der Waals surface area contributed by atoms with Gasteiger partial charge in [-0.25, -0.2) is 0 Å². The summed E-state index contributed by atoms with van der Waals surface area (Å²) >= 11 is 0. The Morgan fingerprint density at radius 2 is 2.20 bits per heavy atom. The number of amides is 1. The predicted molar refractivity (Wildman–Crippen MR) is 57.8 cm³/mol. The van der Waals surface area contributed by atoms with Gasteiger partial charge >= 0.3 is 0 Å². The maximum absolute atomic E-state index is 11.2. The van der Waals surface area contributed by atoms with Crippen molar-refractivity contribution < 1.29 is 4.79 Å². The Bertz CT molecular complexity index is 360.